The molecule has 2 N–H and O–H groups in total. The summed E-state index contributed by atoms with van der Waals surface area (Å²) in [6, 6.07) is 17.4. The Kier molecular flexibility index (Phi) is 5.96. The zero-order chi connectivity index (χ0) is 19.9. The Balaban J connectivity index is 1.73. The van der Waals surface area contributed by atoms with Crippen LogP contribution in [0, 0.1) is 0 Å². The zero-order valence-electron chi connectivity index (χ0n) is 15.1. The Hall–Kier alpha value is -3.74. The van der Waals surface area contributed by atoms with Crippen molar-refractivity contribution < 1.29 is 19.1 Å². The number of nitrogens with two attached hydrogens (primary N) is 1. The van der Waals surface area contributed by atoms with Crippen LogP contribution in [0.4, 0.5) is 5.69 Å². The molecule has 3 rings (SSSR count). The summed E-state index contributed by atoms with van der Waals surface area (Å²) in [5, 5.41) is 0.649. The fourth-order valence-electron chi connectivity index (χ4n) is 2.79. The van der Waals surface area contributed by atoms with Gasteiger partial charge in [0.2, 0.25) is 5.91 Å². The molecule has 0 unspecified atom stereocenters. The van der Waals surface area contributed by atoms with Crippen LogP contribution < -0.4 is 10.6 Å². The molecule has 0 fully saturated rings. The molecule has 2 aromatic carbocycles. The van der Waals surface area contributed by atoms with Crippen LogP contribution in [0.3, 0.4) is 0 Å². The van der Waals surface area contributed by atoms with Crippen molar-refractivity contribution in [3.63, 3.8) is 0 Å². The summed E-state index contributed by atoms with van der Waals surface area (Å²) in [5.41, 5.74) is 6.80. The number of pyridine rings is 1. The molecule has 3 aromatic rings. The number of carbonyl (C=O) groups is 3. The number of benzene rings is 2. The summed E-state index contributed by atoms with van der Waals surface area (Å²) in [5.74, 6) is -1.58. The van der Waals surface area contributed by atoms with Crippen molar-refractivity contribution in [1.82, 2.24) is 4.98 Å². The van der Waals surface area contributed by atoms with Gasteiger partial charge in [0.05, 0.1) is 11.1 Å². The summed E-state index contributed by atoms with van der Waals surface area (Å²) in [4.78, 5) is 41.8. The van der Waals surface area contributed by atoms with E-state index in [9.17, 15) is 14.4 Å². The Labute approximate surface area is 161 Å². The van der Waals surface area contributed by atoms with Crippen LogP contribution in [-0.2, 0) is 14.3 Å². The number of fused-ring (bicyclic) bond motifs is 1. The monoisotopic (exact) mass is 377 g/mol. The molecule has 0 saturated carbocycles. The number of anilines is 1. The molecule has 0 aliphatic rings. The molecule has 0 radical (unpaired) electrons. The van der Waals surface area contributed by atoms with Gasteiger partial charge >= 0.3 is 5.97 Å². The van der Waals surface area contributed by atoms with Gasteiger partial charge in [-0.1, -0.05) is 30.3 Å². The molecule has 1 heterocycles. The predicted octanol–water partition coefficient (Wildman–Crippen LogP) is 2.30. The minimum Gasteiger partial charge on any atom is -0.452 e. The average Bonchev–Trinajstić information content (AvgIpc) is 2.72. The summed E-state index contributed by atoms with van der Waals surface area (Å²) >= 11 is 0. The Morgan fingerprint density at radius 2 is 1.75 bits per heavy atom. The summed E-state index contributed by atoms with van der Waals surface area (Å²) in [7, 11) is 0. The van der Waals surface area contributed by atoms with E-state index >= 15 is 0 Å². The van der Waals surface area contributed by atoms with E-state index in [1.165, 1.54) is 4.90 Å². The summed E-state index contributed by atoms with van der Waals surface area (Å²) < 4.78 is 5.23. The van der Waals surface area contributed by atoms with E-state index in [2.05, 4.69) is 4.98 Å². The number of hydrogen-bond acceptors (Lipinski definition) is 5. The van der Waals surface area contributed by atoms with Crippen LogP contribution in [0.1, 0.15) is 16.8 Å². The highest BCUT2D eigenvalue weighted by Crippen LogP contribution is 2.18. The highest BCUT2D eigenvalue weighted by Gasteiger charge is 2.19. The SMILES string of the molecule is NC(=O)CCN(C(=O)COC(=O)c1cccc2ncccc12)c1ccccc1. The van der Waals surface area contributed by atoms with Crippen molar-refractivity contribution >= 4 is 34.4 Å². The fraction of sp³-hybridized carbons (Fsp3) is 0.143. The second-order valence-electron chi connectivity index (χ2n) is 6.05. The van der Waals surface area contributed by atoms with Crippen molar-refractivity contribution in [1.29, 1.82) is 0 Å². The highest BCUT2D eigenvalue weighted by molar-refractivity contribution is 6.04. The number of esters is 1. The van der Waals surface area contributed by atoms with Gasteiger partial charge in [-0.05, 0) is 30.3 Å². The maximum atomic E-state index is 12.6. The minimum absolute atomic E-state index is 0.00354. The van der Waals surface area contributed by atoms with Gasteiger partial charge in [0, 0.05) is 30.2 Å². The van der Waals surface area contributed by atoms with E-state index in [0.717, 1.165) is 0 Å². The van der Waals surface area contributed by atoms with Crippen LogP contribution in [0.2, 0.25) is 0 Å². The van der Waals surface area contributed by atoms with Crippen molar-refractivity contribution in [2.75, 3.05) is 18.1 Å². The molecule has 7 nitrogen and oxygen atoms in total. The van der Waals surface area contributed by atoms with Gasteiger partial charge in [-0.3, -0.25) is 14.6 Å². The number of primary amides is 1. The molecular formula is C21H19N3O4. The highest BCUT2D eigenvalue weighted by atomic mass is 16.5. The molecule has 1 aromatic heterocycles. The van der Waals surface area contributed by atoms with E-state index in [1.54, 1.807) is 60.8 Å². The van der Waals surface area contributed by atoms with Crippen LogP contribution in [0.5, 0.6) is 0 Å². The number of rotatable bonds is 7. The predicted molar refractivity (Wildman–Crippen MR) is 105 cm³/mol. The Morgan fingerprint density at radius 1 is 0.964 bits per heavy atom. The largest absolute Gasteiger partial charge is 0.452 e. The number of amides is 2. The smallest absolute Gasteiger partial charge is 0.339 e. The van der Waals surface area contributed by atoms with Gasteiger partial charge in [0.1, 0.15) is 0 Å². The van der Waals surface area contributed by atoms with Gasteiger partial charge in [-0.25, -0.2) is 4.79 Å². The average molecular weight is 377 g/mol. The van der Waals surface area contributed by atoms with Crippen molar-refractivity contribution in [3.05, 3.63) is 72.4 Å². The van der Waals surface area contributed by atoms with E-state index in [1.807, 2.05) is 6.07 Å². The lowest BCUT2D eigenvalue weighted by atomic mass is 10.1. The zero-order valence-corrected chi connectivity index (χ0v) is 15.1. The maximum Gasteiger partial charge on any atom is 0.339 e. The second kappa shape index (κ2) is 8.77. The van der Waals surface area contributed by atoms with Crippen molar-refractivity contribution in [3.8, 4) is 0 Å². The first-order valence-electron chi connectivity index (χ1n) is 8.71. The van der Waals surface area contributed by atoms with E-state index in [0.29, 0.717) is 22.2 Å². The number of ether oxygens (including phenoxy) is 1. The van der Waals surface area contributed by atoms with E-state index in [4.69, 9.17) is 10.5 Å². The van der Waals surface area contributed by atoms with Crippen LogP contribution in [-0.4, -0.2) is 35.9 Å². The number of aromatic nitrogens is 1. The normalized spacial score (nSPS) is 10.4. The molecule has 28 heavy (non-hydrogen) atoms. The first-order valence-corrected chi connectivity index (χ1v) is 8.71. The van der Waals surface area contributed by atoms with Crippen LogP contribution in [0.15, 0.2) is 66.9 Å². The minimum atomic E-state index is -0.616. The first kappa shape index (κ1) is 19.0. The fourth-order valence-corrected chi connectivity index (χ4v) is 2.79. The van der Waals surface area contributed by atoms with Crippen molar-refractivity contribution in [2.45, 2.75) is 6.42 Å². The van der Waals surface area contributed by atoms with Crippen molar-refractivity contribution in [2.24, 2.45) is 5.73 Å². The third-order valence-corrected chi connectivity index (χ3v) is 4.14. The van der Waals surface area contributed by atoms with Gasteiger partial charge in [-0.2, -0.15) is 0 Å². The maximum absolute atomic E-state index is 12.6. The lowest BCUT2D eigenvalue weighted by Gasteiger charge is -2.22. The third kappa shape index (κ3) is 4.50. The molecule has 0 atom stereocenters. The van der Waals surface area contributed by atoms with Gasteiger partial charge in [0.15, 0.2) is 6.61 Å². The molecule has 7 heteroatoms. The lowest BCUT2D eigenvalue weighted by Crippen LogP contribution is -2.37. The van der Waals surface area contributed by atoms with Gasteiger partial charge in [-0.15, -0.1) is 0 Å². The number of para-hydroxylation sites is 1. The number of hydrogen-bond donors (Lipinski definition) is 1. The molecular weight excluding hydrogens is 358 g/mol. The molecule has 142 valence electrons. The molecule has 0 bridgehead atoms. The summed E-state index contributed by atoms with van der Waals surface area (Å²) in [6.45, 7) is -0.350. The molecule has 0 saturated heterocycles. The molecule has 0 spiro atoms. The van der Waals surface area contributed by atoms with E-state index in [-0.39, 0.29) is 13.0 Å². The summed E-state index contributed by atoms with van der Waals surface area (Å²) in [6.07, 6.45) is 1.64. The molecule has 0 aliphatic heterocycles. The van der Waals surface area contributed by atoms with Crippen LogP contribution >= 0.6 is 0 Å². The molecule has 0 aliphatic carbocycles. The first-order chi connectivity index (χ1) is 13.6. The second-order valence-corrected chi connectivity index (χ2v) is 6.05. The standard InChI is InChI=1S/C21H19N3O4/c22-19(25)11-13-24(15-6-2-1-3-7-15)20(26)14-28-21(27)17-8-4-10-18-16(17)9-5-12-23-18/h1-10,12H,11,13-14H2,(H2,22,25). The van der Waals surface area contributed by atoms with Gasteiger partial charge < -0.3 is 15.4 Å². The van der Waals surface area contributed by atoms with Crippen LogP contribution in [0.25, 0.3) is 10.9 Å². The van der Waals surface area contributed by atoms with E-state index < -0.39 is 24.4 Å². The third-order valence-electron chi connectivity index (χ3n) is 4.14. The van der Waals surface area contributed by atoms with Gasteiger partial charge in [0.25, 0.3) is 5.91 Å². The lowest BCUT2D eigenvalue weighted by molar-refractivity contribution is -0.121. The topological polar surface area (TPSA) is 103 Å². The number of carbonyl (C=O) groups excluding carboxylic acids is 3. The Morgan fingerprint density at radius 3 is 2.50 bits per heavy atom. The molecule has 2 amide bonds. The quantitative estimate of drug-likeness (QED) is 0.637. The number of nitrogens with zero attached hydrogens (tertiary/aromatic N) is 2. The Bertz CT molecular complexity index is 999.